The number of hydrogen-bond acceptors (Lipinski definition) is 4. The number of ether oxygens (including phenoxy) is 1. The lowest BCUT2D eigenvalue weighted by molar-refractivity contribution is 0.317. The third kappa shape index (κ3) is 2.81. The van der Waals surface area contributed by atoms with Crippen molar-refractivity contribution >= 4 is 0 Å². The molecule has 0 amide bonds. The average Bonchev–Trinajstić information content (AvgIpc) is 2.86. The number of nitriles is 1. The molecular weight excluding hydrogens is 226 g/mol. The second kappa shape index (κ2) is 5.85. The van der Waals surface area contributed by atoms with E-state index in [0.29, 0.717) is 17.2 Å². The Bertz CT molecular complexity index is 453. The molecule has 0 aliphatic carbocycles. The van der Waals surface area contributed by atoms with Crippen molar-refractivity contribution in [3.05, 3.63) is 29.3 Å². The van der Waals surface area contributed by atoms with Crippen molar-refractivity contribution in [2.24, 2.45) is 11.7 Å². The molecule has 1 atom stereocenters. The summed E-state index contributed by atoms with van der Waals surface area (Å²) < 4.78 is 5.14. The summed E-state index contributed by atoms with van der Waals surface area (Å²) in [5, 5.41) is 9.05. The van der Waals surface area contributed by atoms with E-state index in [0.717, 1.165) is 31.7 Å². The van der Waals surface area contributed by atoms with Gasteiger partial charge in [0.25, 0.3) is 0 Å². The van der Waals surface area contributed by atoms with Gasteiger partial charge in [-0.15, -0.1) is 0 Å². The SMILES string of the molecule is COc1ccc(CN2CCC(CN)C2)cc1C#N. The molecule has 4 heteroatoms. The van der Waals surface area contributed by atoms with E-state index in [1.807, 2.05) is 18.2 Å². The predicted octanol–water partition coefficient (Wildman–Crippen LogP) is 1.35. The van der Waals surface area contributed by atoms with Crippen LogP contribution in [0.15, 0.2) is 18.2 Å². The molecule has 96 valence electrons. The zero-order chi connectivity index (χ0) is 13.0. The summed E-state index contributed by atoms with van der Waals surface area (Å²) in [6, 6.07) is 7.97. The monoisotopic (exact) mass is 245 g/mol. The lowest BCUT2D eigenvalue weighted by atomic mass is 10.1. The molecule has 1 unspecified atom stereocenters. The molecule has 2 rings (SSSR count). The fourth-order valence-corrected chi connectivity index (χ4v) is 2.45. The minimum atomic E-state index is 0.601. The third-order valence-electron chi connectivity index (χ3n) is 3.49. The molecular formula is C14H19N3O. The van der Waals surface area contributed by atoms with Gasteiger partial charge in [0.2, 0.25) is 0 Å². The van der Waals surface area contributed by atoms with Crippen LogP contribution in [-0.4, -0.2) is 31.6 Å². The van der Waals surface area contributed by atoms with Gasteiger partial charge in [-0.1, -0.05) is 6.07 Å². The van der Waals surface area contributed by atoms with E-state index in [1.54, 1.807) is 7.11 Å². The fourth-order valence-electron chi connectivity index (χ4n) is 2.45. The second-order valence-corrected chi connectivity index (χ2v) is 4.77. The normalized spacial score (nSPS) is 19.7. The molecule has 18 heavy (non-hydrogen) atoms. The standard InChI is InChI=1S/C14H19N3O/c1-18-14-3-2-11(6-13(14)8-16)9-17-5-4-12(7-15)10-17/h2-3,6,12H,4-5,7,9-10,15H2,1H3. The van der Waals surface area contributed by atoms with E-state index in [9.17, 15) is 0 Å². The van der Waals surface area contributed by atoms with Crippen LogP contribution in [0.25, 0.3) is 0 Å². The van der Waals surface area contributed by atoms with Crippen molar-refractivity contribution in [1.29, 1.82) is 5.26 Å². The molecule has 0 radical (unpaired) electrons. The molecule has 4 nitrogen and oxygen atoms in total. The summed E-state index contributed by atoms with van der Waals surface area (Å²) in [5.74, 6) is 1.26. The molecule has 1 aliphatic heterocycles. The Labute approximate surface area is 108 Å². The molecule has 0 bridgehead atoms. The summed E-state index contributed by atoms with van der Waals surface area (Å²) >= 11 is 0. The molecule has 0 saturated carbocycles. The minimum absolute atomic E-state index is 0.601. The van der Waals surface area contributed by atoms with Crippen LogP contribution in [0.3, 0.4) is 0 Å². The number of nitrogens with two attached hydrogens (primary N) is 1. The topological polar surface area (TPSA) is 62.3 Å². The molecule has 1 aromatic rings. The molecule has 2 N–H and O–H groups in total. The van der Waals surface area contributed by atoms with Gasteiger partial charge in [-0.3, -0.25) is 4.90 Å². The molecule has 1 saturated heterocycles. The third-order valence-corrected chi connectivity index (χ3v) is 3.49. The fraction of sp³-hybridized carbons (Fsp3) is 0.500. The smallest absolute Gasteiger partial charge is 0.136 e. The Balaban J connectivity index is 2.04. The van der Waals surface area contributed by atoms with E-state index in [2.05, 4.69) is 11.0 Å². The Morgan fingerprint density at radius 3 is 3.00 bits per heavy atom. The maximum Gasteiger partial charge on any atom is 0.136 e. The number of methoxy groups -OCH3 is 1. The van der Waals surface area contributed by atoms with Crippen molar-refractivity contribution in [3.63, 3.8) is 0 Å². The van der Waals surface area contributed by atoms with E-state index in [1.165, 1.54) is 6.42 Å². The zero-order valence-corrected chi connectivity index (χ0v) is 10.7. The molecule has 1 aromatic carbocycles. The number of rotatable bonds is 4. The van der Waals surface area contributed by atoms with Crippen LogP contribution < -0.4 is 10.5 Å². The van der Waals surface area contributed by atoms with E-state index >= 15 is 0 Å². The summed E-state index contributed by atoms with van der Waals surface area (Å²) in [4.78, 5) is 2.39. The number of nitrogens with zero attached hydrogens (tertiary/aromatic N) is 2. The second-order valence-electron chi connectivity index (χ2n) is 4.77. The first kappa shape index (κ1) is 12.9. The lowest BCUT2D eigenvalue weighted by Crippen LogP contribution is -2.22. The molecule has 1 fully saturated rings. The largest absolute Gasteiger partial charge is 0.495 e. The number of likely N-dealkylation sites (tertiary alicyclic amines) is 1. The highest BCUT2D eigenvalue weighted by Gasteiger charge is 2.21. The van der Waals surface area contributed by atoms with Gasteiger partial charge in [0.15, 0.2) is 0 Å². The van der Waals surface area contributed by atoms with Crippen LogP contribution >= 0.6 is 0 Å². The van der Waals surface area contributed by atoms with Crippen molar-refractivity contribution in [2.45, 2.75) is 13.0 Å². The average molecular weight is 245 g/mol. The van der Waals surface area contributed by atoms with E-state index in [4.69, 9.17) is 15.7 Å². The van der Waals surface area contributed by atoms with E-state index in [-0.39, 0.29) is 0 Å². The van der Waals surface area contributed by atoms with E-state index < -0.39 is 0 Å². The highest BCUT2D eigenvalue weighted by atomic mass is 16.5. The van der Waals surface area contributed by atoms with Crippen molar-refractivity contribution in [1.82, 2.24) is 4.90 Å². The minimum Gasteiger partial charge on any atom is -0.495 e. The van der Waals surface area contributed by atoms with Gasteiger partial charge in [0, 0.05) is 13.1 Å². The summed E-state index contributed by atoms with van der Waals surface area (Å²) in [6.45, 7) is 3.80. The van der Waals surface area contributed by atoms with Crippen LogP contribution in [0.5, 0.6) is 5.75 Å². The maximum atomic E-state index is 9.05. The number of benzene rings is 1. The zero-order valence-electron chi connectivity index (χ0n) is 10.7. The highest BCUT2D eigenvalue weighted by molar-refractivity contribution is 5.45. The predicted molar refractivity (Wildman–Crippen MR) is 70.1 cm³/mol. The first-order chi connectivity index (χ1) is 8.76. The summed E-state index contributed by atoms with van der Waals surface area (Å²) in [5.41, 5.74) is 7.45. The Kier molecular flexibility index (Phi) is 4.19. The van der Waals surface area contributed by atoms with Crippen molar-refractivity contribution in [3.8, 4) is 11.8 Å². The van der Waals surface area contributed by atoms with Gasteiger partial charge in [-0.05, 0) is 43.1 Å². The Morgan fingerprint density at radius 2 is 2.39 bits per heavy atom. The summed E-state index contributed by atoms with van der Waals surface area (Å²) in [7, 11) is 1.59. The van der Waals surface area contributed by atoms with Gasteiger partial charge < -0.3 is 10.5 Å². The van der Waals surface area contributed by atoms with Crippen LogP contribution in [0.4, 0.5) is 0 Å². The van der Waals surface area contributed by atoms with Gasteiger partial charge >= 0.3 is 0 Å². The summed E-state index contributed by atoms with van der Waals surface area (Å²) in [6.07, 6.45) is 1.18. The lowest BCUT2D eigenvalue weighted by Gasteiger charge is -2.16. The quantitative estimate of drug-likeness (QED) is 0.869. The molecule has 0 spiro atoms. The van der Waals surface area contributed by atoms with Crippen LogP contribution in [0.2, 0.25) is 0 Å². The van der Waals surface area contributed by atoms with Crippen LogP contribution in [0.1, 0.15) is 17.5 Å². The van der Waals surface area contributed by atoms with Gasteiger partial charge in [-0.25, -0.2) is 0 Å². The van der Waals surface area contributed by atoms with Gasteiger partial charge in [0.05, 0.1) is 12.7 Å². The highest BCUT2D eigenvalue weighted by Crippen LogP contribution is 2.22. The van der Waals surface area contributed by atoms with Crippen LogP contribution in [-0.2, 0) is 6.54 Å². The van der Waals surface area contributed by atoms with Crippen molar-refractivity contribution in [2.75, 3.05) is 26.7 Å². The Morgan fingerprint density at radius 1 is 1.56 bits per heavy atom. The van der Waals surface area contributed by atoms with Crippen molar-refractivity contribution < 1.29 is 4.74 Å². The maximum absolute atomic E-state index is 9.05. The Hall–Kier alpha value is -1.57. The molecule has 1 aliphatic rings. The first-order valence-electron chi connectivity index (χ1n) is 6.26. The molecule has 1 heterocycles. The van der Waals surface area contributed by atoms with Gasteiger partial charge in [-0.2, -0.15) is 5.26 Å². The van der Waals surface area contributed by atoms with Gasteiger partial charge in [0.1, 0.15) is 11.8 Å². The molecule has 0 aromatic heterocycles. The van der Waals surface area contributed by atoms with Crippen LogP contribution in [0, 0.1) is 17.2 Å². The first-order valence-corrected chi connectivity index (χ1v) is 6.26. The number of hydrogen-bond donors (Lipinski definition) is 1.